The zero-order chi connectivity index (χ0) is 21.6. The topological polar surface area (TPSA) is 115 Å². The Labute approximate surface area is 175 Å². The van der Waals surface area contributed by atoms with E-state index in [2.05, 4.69) is 26.0 Å². The van der Waals surface area contributed by atoms with Gasteiger partial charge in [-0.25, -0.2) is 4.39 Å². The van der Waals surface area contributed by atoms with Gasteiger partial charge < -0.3 is 15.1 Å². The van der Waals surface area contributed by atoms with Crippen molar-refractivity contribution in [3.63, 3.8) is 0 Å². The average molecular weight is 420 g/mol. The van der Waals surface area contributed by atoms with Gasteiger partial charge in [0.15, 0.2) is 0 Å². The lowest BCUT2D eigenvalue weighted by Crippen LogP contribution is -2.27. The minimum Gasteiger partial charge on any atom is -0.467 e. The summed E-state index contributed by atoms with van der Waals surface area (Å²) in [5.41, 5.74) is 1.57. The molecule has 0 bridgehead atoms. The molecule has 0 unspecified atom stereocenters. The molecule has 156 valence electrons. The van der Waals surface area contributed by atoms with E-state index in [0.29, 0.717) is 28.4 Å². The number of aromatic nitrogens is 4. The summed E-state index contributed by atoms with van der Waals surface area (Å²) in [5.74, 6) is -0.0459. The largest absolute Gasteiger partial charge is 0.467 e. The molecular formula is C21H17FN6O3. The highest BCUT2D eigenvalue weighted by molar-refractivity contribution is 6.04. The zero-order valence-corrected chi connectivity index (χ0v) is 16.2. The van der Waals surface area contributed by atoms with Crippen LogP contribution in [0.2, 0.25) is 0 Å². The maximum Gasteiger partial charge on any atom is 0.255 e. The molecular weight excluding hydrogens is 403 g/mol. The van der Waals surface area contributed by atoms with E-state index in [1.165, 1.54) is 35.3 Å². The van der Waals surface area contributed by atoms with Crippen molar-refractivity contribution >= 4 is 17.5 Å². The molecule has 10 heteroatoms. The first kappa shape index (κ1) is 20.0. The minimum absolute atomic E-state index is 0.0838. The average Bonchev–Trinajstić information content (AvgIpc) is 3.45. The number of benzene rings is 2. The van der Waals surface area contributed by atoms with Crippen molar-refractivity contribution in [2.75, 3.05) is 5.32 Å². The van der Waals surface area contributed by atoms with E-state index in [9.17, 15) is 14.0 Å². The Morgan fingerprint density at radius 1 is 1.03 bits per heavy atom. The van der Waals surface area contributed by atoms with Crippen LogP contribution in [0.5, 0.6) is 0 Å². The first-order valence-electron chi connectivity index (χ1n) is 9.31. The number of rotatable bonds is 7. The Morgan fingerprint density at radius 3 is 2.52 bits per heavy atom. The number of carbonyl (C=O) groups is 2. The first-order valence-corrected chi connectivity index (χ1v) is 9.31. The Bertz CT molecular complexity index is 1170. The molecule has 9 nitrogen and oxygen atoms in total. The van der Waals surface area contributed by atoms with Crippen LogP contribution in [0.25, 0.3) is 11.4 Å². The first-order chi connectivity index (χ1) is 15.1. The number of tetrazole rings is 1. The molecule has 2 amide bonds. The SMILES string of the molecule is O=C(Cn1nnc(-c2ccc(NC(=O)c3ccc(F)cc3)cc2)n1)NCc1ccco1. The maximum absolute atomic E-state index is 13.0. The normalized spacial score (nSPS) is 10.6. The highest BCUT2D eigenvalue weighted by atomic mass is 19.1. The Kier molecular flexibility index (Phi) is 5.79. The van der Waals surface area contributed by atoms with Crippen molar-refractivity contribution in [2.45, 2.75) is 13.1 Å². The van der Waals surface area contributed by atoms with Gasteiger partial charge in [0.25, 0.3) is 5.91 Å². The van der Waals surface area contributed by atoms with Crippen molar-refractivity contribution in [1.29, 1.82) is 0 Å². The number of hydrogen-bond donors (Lipinski definition) is 2. The van der Waals surface area contributed by atoms with Gasteiger partial charge in [0.1, 0.15) is 18.1 Å². The van der Waals surface area contributed by atoms with Crippen LogP contribution in [-0.4, -0.2) is 32.0 Å². The fraction of sp³-hybridized carbons (Fsp3) is 0.0952. The highest BCUT2D eigenvalue weighted by Gasteiger charge is 2.11. The second-order valence-electron chi connectivity index (χ2n) is 6.54. The lowest BCUT2D eigenvalue weighted by atomic mass is 10.1. The standard InChI is InChI=1S/C21H17FN6O3/c22-16-7-3-15(4-8-16)21(30)24-17-9-5-14(6-10-17)20-25-27-28(26-20)13-19(29)23-12-18-2-1-11-31-18/h1-11H,12-13H2,(H,23,29)(H,24,30). The predicted molar refractivity (Wildman–Crippen MR) is 108 cm³/mol. The summed E-state index contributed by atoms with van der Waals surface area (Å²) >= 11 is 0. The lowest BCUT2D eigenvalue weighted by molar-refractivity contribution is -0.122. The number of hydrogen-bond acceptors (Lipinski definition) is 6. The van der Waals surface area contributed by atoms with E-state index >= 15 is 0 Å². The van der Waals surface area contributed by atoms with Gasteiger partial charge in [-0.15, -0.1) is 10.2 Å². The van der Waals surface area contributed by atoms with Crippen molar-refractivity contribution in [3.05, 3.63) is 84.1 Å². The van der Waals surface area contributed by atoms with Gasteiger partial charge in [0, 0.05) is 16.8 Å². The van der Waals surface area contributed by atoms with Crippen molar-refractivity contribution in [3.8, 4) is 11.4 Å². The lowest BCUT2D eigenvalue weighted by Gasteiger charge is -2.05. The van der Waals surface area contributed by atoms with Crippen LogP contribution in [0.3, 0.4) is 0 Å². The van der Waals surface area contributed by atoms with E-state index in [1.807, 2.05) is 0 Å². The number of nitrogens with zero attached hydrogens (tertiary/aromatic N) is 4. The van der Waals surface area contributed by atoms with Gasteiger partial charge in [-0.2, -0.15) is 4.80 Å². The fourth-order valence-corrected chi connectivity index (χ4v) is 2.72. The number of amides is 2. The van der Waals surface area contributed by atoms with E-state index in [1.54, 1.807) is 36.4 Å². The second-order valence-corrected chi connectivity index (χ2v) is 6.54. The Balaban J connectivity index is 1.33. The van der Waals surface area contributed by atoms with E-state index in [4.69, 9.17) is 4.42 Å². The molecule has 2 aromatic carbocycles. The van der Waals surface area contributed by atoms with Gasteiger partial charge in [0.05, 0.1) is 12.8 Å². The van der Waals surface area contributed by atoms with Crippen molar-refractivity contribution in [1.82, 2.24) is 25.5 Å². The summed E-state index contributed by atoms with van der Waals surface area (Å²) in [6.45, 7) is 0.192. The fourth-order valence-electron chi connectivity index (χ4n) is 2.72. The molecule has 0 radical (unpaired) electrons. The summed E-state index contributed by atoms with van der Waals surface area (Å²) in [5, 5.41) is 17.5. The van der Waals surface area contributed by atoms with Crippen LogP contribution in [0.4, 0.5) is 10.1 Å². The maximum atomic E-state index is 13.0. The van der Waals surface area contributed by atoms with Crippen molar-refractivity contribution < 1.29 is 18.4 Å². The summed E-state index contributed by atoms with van der Waals surface area (Å²) in [6.07, 6.45) is 1.53. The molecule has 0 aliphatic heterocycles. The van der Waals surface area contributed by atoms with Crippen LogP contribution >= 0.6 is 0 Å². The third kappa shape index (κ3) is 5.18. The number of halogens is 1. The number of furan rings is 1. The molecule has 2 N–H and O–H groups in total. The van der Waals surface area contributed by atoms with Gasteiger partial charge >= 0.3 is 0 Å². The summed E-state index contributed by atoms with van der Waals surface area (Å²) in [7, 11) is 0. The van der Waals surface area contributed by atoms with Crippen LogP contribution in [0.15, 0.2) is 71.3 Å². The molecule has 0 atom stereocenters. The molecule has 4 aromatic rings. The van der Waals surface area contributed by atoms with Crippen LogP contribution in [0, 0.1) is 5.82 Å². The molecule has 0 aliphatic rings. The summed E-state index contributed by atoms with van der Waals surface area (Å²) in [4.78, 5) is 25.4. The van der Waals surface area contributed by atoms with Gasteiger partial charge in [0.2, 0.25) is 11.7 Å². The van der Waals surface area contributed by atoms with Gasteiger partial charge in [-0.1, -0.05) is 0 Å². The molecule has 0 fully saturated rings. The van der Waals surface area contributed by atoms with Gasteiger partial charge in [-0.3, -0.25) is 9.59 Å². The summed E-state index contributed by atoms with van der Waals surface area (Å²) in [6, 6.07) is 15.6. The zero-order valence-electron chi connectivity index (χ0n) is 16.2. The number of anilines is 1. The van der Waals surface area contributed by atoms with Crippen molar-refractivity contribution in [2.24, 2.45) is 0 Å². The molecule has 2 heterocycles. The summed E-state index contributed by atoms with van der Waals surface area (Å²) < 4.78 is 18.1. The smallest absolute Gasteiger partial charge is 0.255 e. The molecule has 31 heavy (non-hydrogen) atoms. The van der Waals surface area contributed by atoms with Crippen LogP contribution in [0.1, 0.15) is 16.1 Å². The quantitative estimate of drug-likeness (QED) is 0.475. The van der Waals surface area contributed by atoms with E-state index < -0.39 is 5.82 Å². The van der Waals surface area contributed by atoms with Gasteiger partial charge in [-0.05, 0) is 65.9 Å². The van der Waals surface area contributed by atoms with Crippen LogP contribution in [-0.2, 0) is 17.9 Å². The van der Waals surface area contributed by atoms with E-state index in [0.717, 1.165) is 0 Å². The molecule has 0 aliphatic carbocycles. The molecule has 4 rings (SSSR count). The molecule has 2 aromatic heterocycles. The molecule has 0 spiro atoms. The Morgan fingerprint density at radius 2 is 1.81 bits per heavy atom. The second kappa shape index (κ2) is 8.99. The minimum atomic E-state index is -0.406. The number of nitrogens with one attached hydrogen (secondary N) is 2. The Hall–Kier alpha value is -4.34. The predicted octanol–water partition coefficient (Wildman–Crippen LogP) is 2.64. The van der Waals surface area contributed by atoms with E-state index in [-0.39, 0.29) is 24.9 Å². The number of carbonyl (C=O) groups excluding carboxylic acids is 2. The third-order valence-corrected chi connectivity index (χ3v) is 4.29. The van der Waals surface area contributed by atoms with Crippen LogP contribution < -0.4 is 10.6 Å². The molecule has 0 saturated heterocycles. The monoisotopic (exact) mass is 420 g/mol. The third-order valence-electron chi connectivity index (χ3n) is 4.29. The highest BCUT2D eigenvalue weighted by Crippen LogP contribution is 2.18. The molecule has 0 saturated carbocycles.